The van der Waals surface area contributed by atoms with Gasteiger partial charge in [-0.05, 0) is 6.92 Å². The largest absolute Gasteiger partial charge is 0.386 e. The zero-order chi connectivity index (χ0) is 7.56. The van der Waals surface area contributed by atoms with Crippen LogP contribution in [0.2, 0.25) is 0 Å². The zero-order valence-corrected chi connectivity index (χ0v) is 6.56. The molecular weight excluding hydrogens is 148 g/mol. The monoisotopic (exact) mass is 158 g/mol. The molecule has 4 heteroatoms. The first-order valence-corrected chi connectivity index (χ1v) is 3.86. The summed E-state index contributed by atoms with van der Waals surface area (Å²) in [6.45, 7) is 2.17. The van der Waals surface area contributed by atoms with E-state index in [1.54, 1.807) is 6.20 Å². The molecule has 0 fully saturated rings. The Kier molecular flexibility index (Phi) is 2.37. The number of aromatic nitrogens is 1. The summed E-state index contributed by atoms with van der Waals surface area (Å²) in [5.41, 5.74) is 5.24. The van der Waals surface area contributed by atoms with Gasteiger partial charge in [-0.3, -0.25) is 0 Å². The van der Waals surface area contributed by atoms with Gasteiger partial charge in [-0.25, -0.2) is 4.98 Å². The molecule has 0 saturated carbocycles. The molecule has 0 unspecified atom stereocenters. The van der Waals surface area contributed by atoms with Gasteiger partial charge in [-0.1, -0.05) is 0 Å². The predicted octanol–water partition coefficient (Wildman–Crippen LogP) is 0.444. The molecule has 10 heavy (non-hydrogen) atoms. The Morgan fingerprint density at radius 3 is 3.00 bits per heavy atom. The molecule has 0 saturated heterocycles. The van der Waals surface area contributed by atoms with Crippen LogP contribution < -0.4 is 5.73 Å². The summed E-state index contributed by atoms with van der Waals surface area (Å²) < 4.78 is 0. The Balaban J connectivity index is 2.74. The van der Waals surface area contributed by atoms with Gasteiger partial charge in [0.05, 0.1) is 9.88 Å². The van der Waals surface area contributed by atoms with E-state index in [0.29, 0.717) is 0 Å². The highest BCUT2D eigenvalue weighted by Gasteiger charge is 2.06. The summed E-state index contributed by atoms with van der Waals surface area (Å²) in [7, 11) is 0. The standard InChI is InChI=1S/C6H10N2OS/c1-4-8-3-6(10-4)5(9)2-7/h3,5,9H,2,7H2,1H3/t5-/m1/s1. The van der Waals surface area contributed by atoms with Gasteiger partial charge in [0.25, 0.3) is 0 Å². The van der Waals surface area contributed by atoms with Crippen molar-refractivity contribution in [2.75, 3.05) is 6.54 Å². The Morgan fingerprint density at radius 1 is 1.90 bits per heavy atom. The smallest absolute Gasteiger partial charge is 0.102 e. The van der Waals surface area contributed by atoms with Crippen molar-refractivity contribution in [2.45, 2.75) is 13.0 Å². The molecule has 0 aromatic carbocycles. The van der Waals surface area contributed by atoms with Gasteiger partial charge in [0, 0.05) is 12.7 Å². The number of nitrogens with two attached hydrogens (primary N) is 1. The summed E-state index contributed by atoms with van der Waals surface area (Å²) in [6, 6.07) is 0. The molecule has 0 spiro atoms. The second-order valence-corrected chi connectivity index (χ2v) is 3.30. The van der Waals surface area contributed by atoms with Gasteiger partial charge < -0.3 is 10.8 Å². The Morgan fingerprint density at radius 2 is 2.60 bits per heavy atom. The van der Waals surface area contributed by atoms with Crippen LogP contribution >= 0.6 is 11.3 Å². The van der Waals surface area contributed by atoms with Gasteiger partial charge in [0.15, 0.2) is 0 Å². The maximum Gasteiger partial charge on any atom is 0.102 e. The number of rotatable bonds is 2. The second-order valence-electron chi connectivity index (χ2n) is 2.03. The minimum atomic E-state index is -0.536. The quantitative estimate of drug-likeness (QED) is 0.656. The minimum Gasteiger partial charge on any atom is -0.386 e. The molecule has 0 aliphatic rings. The van der Waals surface area contributed by atoms with Crippen LogP contribution in [0.4, 0.5) is 0 Å². The van der Waals surface area contributed by atoms with Crippen LogP contribution in [-0.4, -0.2) is 16.6 Å². The second kappa shape index (κ2) is 3.09. The maximum absolute atomic E-state index is 9.19. The van der Waals surface area contributed by atoms with E-state index in [0.717, 1.165) is 9.88 Å². The molecule has 3 N–H and O–H groups in total. The summed E-state index contributed by atoms with van der Waals surface area (Å²) in [6.07, 6.45) is 1.13. The lowest BCUT2D eigenvalue weighted by Crippen LogP contribution is -2.09. The summed E-state index contributed by atoms with van der Waals surface area (Å²) in [5.74, 6) is 0. The fourth-order valence-corrected chi connectivity index (χ4v) is 1.43. The van der Waals surface area contributed by atoms with E-state index in [-0.39, 0.29) is 6.54 Å². The molecule has 1 rings (SSSR count). The first kappa shape index (κ1) is 7.65. The van der Waals surface area contributed by atoms with E-state index in [1.165, 1.54) is 11.3 Å². The fourth-order valence-electron chi connectivity index (χ4n) is 0.648. The predicted molar refractivity (Wildman–Crippen MR) is 40.9 cm³/mol. The normalized spacial score (nSPS) is 13.5. The molecule has 0 amide bonds. The van der Waals surface area contributed by atoms with Crippen LogP contribution in [0, 0.1) is 6.92 Å². The van der Waals surface area contributed by atoms with E-state index in [9.17, 15) is 5.11 Å². The molecule has 0 aliphatic carbocycles. The highest BCUT2D eigenvalue weighted by Crippen LogP contribution is 2.18. The van der Waals surface area contributed by atoms with Crippen LogP contribution in [-0.2, 0) is 0 Å². The number of hydrogen-bond acceptors (Lipinski definition) is 4. The Labute approximate surface area is 63.5 Å². The molecule has 0 aliphatic heterocycles. The van der Waals surface area contributed by atoms with Gasteiger partial charge >= 0.3 is 0 Å². The Bertz CT molecular complexity index is 211. The van der Waals surface area contributed by atoms with Crippen molar-refractivity contribution in [1.29, 1.82) is 0 Å². The number of aliphatic hydroxyl groups is 1. The SMILES string of the molecule is Cc1ncc([C@H](O)CN)s1. The maximum atomic E-state index is 9.19. The number of aliphatic hydroxyl groups excluding tert-OH is 1. The molecule has 1 atom stereocenters. The molecule has 1 heterocycles. The Hall–Kier alpha value is -0.450. The highest BCUT2D eigenvalue weighted by molar-refractivity contribution is 7.11. The van der Waals surface area contributed by atoms with Crippen LogP contribution in [0.3, 0.4) is 0 Å². The van der Waals surface area contributed by atoms with E-state index >= 15 is 0 Å². The average Bonchev–Trinajstić information content (AvgIpc) is 2.34. The summed E-state index contributed by atoms with van der Waals surface area (Å²) >= 11 is 1.48. The third-order valence-corrected chi connectivity index (χ3v) is 2.20. The van der Waals surface area contributed by atoms with E-state index < -0.39 is 6.10 Å². The summed E-state index contributed by atoms with van der Waals surface area (Å²) in [5, 5.41) is 10.1. The van der Waals surface area contributed by atoms with Crippen LogP contribution in [0.15, 0.2) is 6.20 Å². The van der Waals surface area contributed by atoms with Crippen molar-refractivity contribution >= 4 is 11.3 Å². The third kappa shape index (κ3) is 1.53. The molecule has 0 radical (unpaired) electrons. The number of nitrogens with zero attached hydrogens (tertiary/aromatic N) is 1. The molecule has 1 aromatic rings. The molecule has 3 nitrogen and oxygen atoms in total. The van der Waals surface area contributed by atoms with Gasteiger partial charge in [-0.2, -0.15) is 0 Å². The lowest BCUT2D eigenvalue weighted by molar-refractivity contribution is 0.190. The van der Waals surface area contributed by atoms with E-state index in [1.807, 2.05) is 6.92 Å². The van der Waals surface area contributed by atoms with Crippen LogP contribution in [0.5, 0.6) is 0 Å². The van der Waals surface area contributed by atoms with Gasteiger partial charge in [0.2, 0.25) is 0 Å². The van der Waals surface area contributed by atoms with Gasteiger partial charge in [0.1, 0.15) is 6.10 Å². The highest BCUT2D eigenvalue weighted by atomic mass is 32.1. The minimum absolute atomic E-state index is 0.266. The molecular formula is C6H10N2OS. The van der Waals surface area contributed by atoms with Gasteiger partial charge in [-0.15, -0.1) is 11.3 Å². The average molecular weight is 158 g/mol. The molecule has 56 valence electrons. The lowest BCUT2D eigenvalue weighted by atomic mass is 10.3. The topological polar surface area (TPSA) is 59.1 Å². The molecule has 1 aromatic heterocycles. The third-order valence-electron chi connectivity index (χ3n) is 1.19. The lowest BCUT2D eigenvalue weighted by Gasteiger charge is -2.00. The first-order chi connectivity index (χ1) is 4.74. The summed E-state index contributed by atoms with van der Waals surface area (Å²) in [4.78, 5) is 4.84. The van der Waals surface area contributed by atoms with Crippen molar-refractivity contribution in [2.24, 2.45) is 5.73 Å². The van der Waals surface area contributed by atoms with Crippen molar-refractivity contribution < 1.29 is 5.11 Å². The van der Waals surface area contributed by atoms with Crippen LogP contribution in [0.1, 0.15) is 16.0 Å². The van der Waals surface area contributed by atoms with Crippen molar-refractivity contribution in [3.05, 3.63) is 16.1 Å². The molecule has 0 bridgehead atoms. The number of aryl methyl sites for hydroxylation is 1. The van der Waals surface area contributed by atoms with Crippen molar-refractivity contribution in [3.8, 4) is 0 Å². The van der Waals surface area contributed by atoms with Crippen molar-refractivity contribution in [3.63, 3.8) is 0 Å². The van der Waals surface area contributed by atoms with E-state index in [2.05, 4.69) is 4.98 Å². The van der Waals surface area contributed by atoms with Crippen molar-refractivity contribution in [1.82, 2.24) is 4.98 Å². The van der Waals surface area contributed by atoms with E-state index in [4.69, 9.17) is 5.73 Å². The first-order valence-electron chi connectivity index (χ1n) is 3.04. The number of thiazole rings is 1. The number of hydrogen-bond donors (Lipinski definition) is 2. The fraction of sp³-hybridized carbons (Fsp3) is 0.500. The van der Waals surface area contributed by atoms with Crippen LogP contribution in [0.25, 0.3) is 0 Å². The zero-order valence-electron chi connectivity index (χ0n) is 5.74.